The van der Waals surface area contributed by atoms with Gasteiger partial charge in [-0.2, -0.15) is 5.10 Å². The highest BCUT2D eigenvalue weighted by Crippen LogP contribution is 2.10. The van der Waals surface area contributed by atoms with Gasteiger partial charge in [0.15, 0.2) is 0 Å². The van der Waals surface area contributed by atoms with Crippen LogP contribution in [0.25, 0.3) is 0 Å². The van der Waals surface area contributed by atoms with E-state index in [0.717, 1.165) is 24.1 Å². The topological polar surface area (TPSA) is 166 Å². The summed E-state index contributed by atoms with van der Waals surface area (Å²) in [6.45, 7) is 3.68. The molecular weight excluding hydrogens is 342 g/mol. The summed E-state index contributed by atoms with van der Waals surface area (Å²) in [6, 6.07) is 9.70. The molecule has 0 saturated carbocycles. The van der Waals surface area contributed by atoms with Crippen molar-refractivity contribution in [1.29, 1.82) is 0 Å². The fourth-order valence-corrected chi connectivity index (χ4v) is 1.88. The van der Waals surface area contributed by atoms with Gasteiger partial charge in [-0.1, -0.05) is 30.3 Å². The van der Waals surface area contributed by atoms with E-state index in [2.05, 4.69) is 10.2 Å². The number of carbonyl (C=O) groups excluding carboxylic acids is 1. The fraction of sp³-hybridized carbons (Fsp3) is 0.438. The monoisotopic (exact) mass is 367 g/mol. The van der Waals surface area contributed by atoms with E-state index in [0.29, 0.717) is 12.8 Å². The Morgan fingerprint density at radius 2 is 1.73 bits per heavy atom. The van der Waals surface area contributed by atoms with Crippen LogP contribution in [-0.2, 0) is 9.53 Å². The minimum absolute atomic E-state index is 0.0733. The Bertz CT molecular complexity index is 609. The molecule has 0 heterocycles. The van der Waals surface area contributed by atoms with E-state index < -0.39 is 5.09 Å². The van der Waals surface area contributed by atoms with Crippen molar-refractivity contribution in [2.45, 2.75) is 45.6 Å². The standard InChI is InChI=1S/C16H24N4O2.HNO3/c1-12(2)22-15(21)11-7-6-10-14(19-20-16(17)18)13-8-4-3-5-9-13;2-1(3)4/h3-5,8-9,12H,6-7,10-11H2,1-2H3,(H4,17,18,20);(H,2,3,4)/b19-14+;. The normalized spacial score (nSPS) is 10.5. The molecule has 0 fully saturated rings. The van der Waals surface area contributed by atoms with Crippen LogP contribution in [0.2, 0.25) is 0 Å². The number of hydrogen-bond acceptors (Lipinski definition) is 6. The van der Waals surface area contributed by atoms with Gasteiger partial charge in [-0.25, -0.2) is 0 Å². The van der Waals surface area contributed by atoms with Gasteiger partial charge in [0.1, 0.15) is 0 Å². The second-order valence-electron chi connectivity index (χ2n) is 5.42. The highest BCUT2D eigenvalue weighted by atomic mass is 16.9. The maximum Gasteiger partial charge on any atom is 0.306 e. The Morgan fingerprint density at radius 1 is 1.19 bits per heavy atom. The number of ether oxygens (including phenoxy) is 1. The summed E-state index contributed by atoms with van der Waals surface area (Å²) in [5.41, 5.74) is 12.4. The number of carbonyl (C=O) groups is 1. The second kappa shape index (κ2) is 13.2. The zero-order valence-corrected chi connectivity index (χ0v) is 14.9. The number of nitrogens with two attached hydrogens (primary N) is 2. The Balaban J connectivity index is 0.00000141. The van der Waals surface area contributed by atoms with Gasteiger partial charge in [0.2, 0.25) is 5.96 Å². The van der Waals surface area contributed by atoms with Gasteiger partial charge in [0, 0.05) is 6.42 Å². The summed E-state index contributed by atoms with van der Waals surface area (Å²) >= 11 is 0. The van der Waals surface area contributed by atoms with Gasteiger partial charge >= 0.3 is 5.97 Å². The molecule has 1 rings (SSSR count). The zero-order valence-electron chi connectivity index (χ0n) is 14.9. The lowest BCUT2D eigenvalue weighted by Crippen LogP contribution is -2.22. The number of nitrogens with zero attached hydrogens (tertiary/aromatic N) is 3. The molecule has 26 heavy (non-hydrogen) atoms. The molecule has 0 bridgehead atoms. The van der Waals surface area contributed by atoms with E-state index in [1.54, 1.807) is 0 Å². The Kier molecular flexibility index (Phi) is 11.6. The lowest BCUT2D eigenvalue weighted by molar-refractivity contribution is -0.742. The maximum absolute atomic E-state index is 11.5. The van der Waals surface area contributed by atoms with Crippen molar-refractivity contribution in [2.75, 3.05) is 0 Å². The van der Waals surface area contributed by atoms with Crippen molar-refractivity contribution in [2.24, 2.45) is 21.7 Å². The number of esters is 1. The summed E-state index contributed by atoms with van der Waals surface area (Å²) in [7, 11) is 0. The Hall–Kier alpha value is -3.17. The number of guanidine groups is 1. The largest absolute Gasteiger partial charge is 0.463 e. The van der Waals surface area contributed by atoms with Crippen LogP contribution in [0.15, 0.2) is 40.5 Å². The van der Waals surface area contributed by atoms with E-state index in [9.17, 15) is 4.79 Å². The van der Waals surface area contributed by atoms with Gasteiger partial charge < -0.3 is 21.4 Å². The third-order valence-corrected chi connectivity index (χ3v) is 2.80. The SMILES string of the molecule is CC(C)OC(=O)CCCC/C(=N\N=C(N)N)c1ccccc1.O=[N+]([O-])O. The van der Waals surface area contributed by atoms with Crippen molar-refractivity contribution in [3.05, 3.63) is 46.0 Å². The lowest BCUT2D eigenvalue weighted by Gasteiger charge is -2.08. The molecule has 0 saturated heterocycles. The van der Waals surface area contributed by atoms with Crippen molar-refractivity contribution in [3.63, 3.8) is 0 Å². The second-order valence-corrected chi connectivity index (χ2v) is 5.42. The summed E-state index contributed by atoms with van der Waals surface area (Å²) in [6.07, 6.45) is 2.56. The average Bonchev–Trinajstić information content (AvgIpc) is 2.53. The van der Waals surface area contributed by atoms with Gasteiger partial charge in [-0.15, -0.1) is 15.2 Å². The van der Waals surface area contributed by atoms with Crippen LogP contribution in [0.1, 0.15) is 45.1 Å². The molecule has 5 N–H and O–H groups in total. The molecule has 0 amide bonds. The molecule has 0 unspecified atom stereocenters. The molecule has 10 heteroatoms. The molecule has 0 aliphatic rings. The maximum atomic E-state index is 11.5. The van der Waals surface area contributed by atoms with E-state index >= 15 is 0 Å². The van der Waals surface area contributed by atoms with Gasteiger partial charge in [0.25, 0.3) is 5.09 Å². The average molecular weight is 367 g/mol. The quantitative estimate of drug-likeness (QED) is 0.157. The number of hydrogen-bond donors (Lipinski definition) is 3. The third-order valence-electron chi connectivity index (χ3n) is 2.80. The Morgan fingerprint density at radius 3 is 2.23 bits per heavy atom. The highest BCUT2D eigenvalue weighted by molar-refractivity contribution is 6.00. The van der Waals surface area contributed by atoms with Crippen molar-refractivity contribution >= 4 is 17.6 Å². The zero-order chi connectivity index (χ0) is 19.9. The third kappa shape index (κ3) is 13.3. The molecule has 144 valence electrons. The minimum atomic E-state index is -1.50. The molecule has 1 aromatic rings. The Labute approximate surface area is 151 Å². The first kappa shape index (κ1) is 22.8. The summed E-state index contributed by atoms with van der Waals surface area (Å²) in [5, 5.41) is 21.5. The van der Waals surface area contributed by atoms with Crippen LogP contribution in [0.3, 0.4) is 0 Å². The van der Waals surface area contributed by atoms with E-state index in [-0.39, 0.29) is 18.0 Å². The van der Waals surface area contributed by atoms with E-state index in [1.807, 2.05) is 44.2 Å². The molecule has 10 nitrogen and oxygen atoms in total. The number of rotatable bonds is 8. The molecule has 0 atom stereocenters. The lowest BCUT2D eigenvalue weighted by atomic mass is 10.0. The smallest absolute Gasteiger partial charge is 0.306 e. The van der Waals surface area contributed by atoms with E-state index in [4.69, 9.17) is 31.5 Å². The molecule has 0 aromatic heterocycles. The summed E-state index contributed by atoms with van der Waals surface area (Å²) in [4.78, 5) is 19.8. The van der Waals surface area contributed by atoms with Gasteiger partial charge in [-0.3, -0.25) is 4.79 Å². The highest BCUT2D eigenvalue weighted by Gasteiger charge is 2.07. The summed E-state index contributed by atoms with van der Waals surface area (Å²) < 4.78 is 5.10. The van der Waals surface area contributed by atoms with E-state index in [1.165, 1.54) is 0 Å². The van der Waals surface area contributed by atoms with Crippen molar-refractivity contribution in [1.82, 2.24) is 0 Å². The first-order valence-electron chi connectivity index (χ1n) is 7.96. The molecule has 0 aliphatic heterocycles. The predicted molar refractivity (Wildman–Crippen MR) is 97.3 cm³/mol. The molecule has 1 aromatic carbocycles. The van der Waals surface area contributed by atoms with Crippen molar-refractivity contribution < 1.29 is 19.8 Å². The number of unbranched alkanes of at least 4 members (excludes halogenated alkanes) is 1. The molecule has 0 radical (unpaired) electrons. The first-order valence-corrected chi connectivity index (χ1v) is 7.96. The van der Waals surface area contributed by atoms with Crippen LogP contribution in [0, 0.1) is 10.1 Å². The van der Waals surface area contributed by atoms with Crippen LogP contribution >= 0.6 is 0 Å². The van der Waals surface area contributed by atoms with Crippen LogP contribution in [0.4, 0.5) is 0 Å². The first-order chi connectivity index (χ1) is 12.2. The minimum Gasteiger partial charge on any atom is -0.463 e. The molecule has 0 spiro atoms. The van der Waals surface area contributed by atoms with Gasteiger partial charge in [0.05, 0.1) is 11.8 Å². The summed E-state index contributed by atoms with van der Waals surface area (Å²) in [5.74, 6) is -0.244. The van der Waals surface area contributed by atoms with Crippen LogP contribution in [0.5, 0.6) is 0 Å². The van der Waals surface area contributed by atoms with Gasteiger partial charge in [-0.05, 0) is 38.7 Å². The molecule has 0 aliphatic carbocycles. The van der Waals surface area contributed by atoms with Crippen LogP contribution < -0.4 is 11.5 Å². The number of benzene rings is 1. The van der Waals surface area contributed by atoms with Crippen LogP contribution in [-0.4, -0.2) is 34.0 Å². The fourth-order valence-electron chi connectivity index (χ4n) is 1.88. The molecular formula is C16H25N5O5. The predicted octanol–water partition coefficient (Wildman–Crippen LogP) is 1.83. The van der Waals surface area contributed by atoms with Crippen molar-refractivity contribution in [3.8, 4) is 0 Å².